The molecule has 0 radical (unpaired) electrons. The monoisotopic (exact) mass is 792 g/mol. The van der Waals surface area contributed by atoms with Gasteiger partial charge in [0.1, 0.15) is 36.6 Å². The molecule has 7 N–H and O–H groups in total. The summed E-state index contributed by atoms with van der Waals surface area (Å²) in [5.74, 6) is -1.55. The summed E-state index contributed by atoms with van der Waals surface area (Å²) in [6.45, 7) is 13.7. The van der Waals surface area contributed by atoms with Gasteiger partial charge in [0.15, 0.2) is 18.9 Å². The molecule has 6 aliphatic rings. The lowest BCUT2D eigenvalue weighted by atomic mass is 9.36. The average molecular weight is 793 g/mol. The Balaban J connectivity index is 1.18. The molecule has 0 bridgehead atoms. The number of aliphatic hydroxyl groups excluding tert-OH is 6. The topological polar surface area (TPSA) is 222 Å². The highest BCUT2D eigenvalue weighted by molar-refractivity contribution is 5.88. The van der Waals surface area contributed by atoms with Crippen LogP contribution in [0.2, 0.25) is 0 Å². The van der Waals surface area contributed by atoms with Crippen LogP contribution in [0.25, 0.3) is 0 Å². The van der Waals surface area contributed by atoms with E-state index in [9.17, 15) is 45.3 Å². The van der Waals surface area contributed by atoms with Crippen molar-refractivity contribution in [3.63, 3.8) is 0 Å². The summed E-state index contributed by atoms with van der Waals surface area (Å²) in [4.78, 5) is 25.3. The minimum atomic E-state index is -1.63. The summed E-state index contributed by atoms with van der Waals surface area (Å²) >= 11 is 0. The van der Waals surface area contributed by atoms with E-state index in [1.165, 1.54) is 13.0 Å². The van der Waals surface area contributed by atoms with Crippen LogP contribution in [0.1, 0.15) is 99.8 Å². The Hall–Kier alpha value is -2.24. The Labute approximate surface area is 329 Å². The second kappa shape index (κ2) is 16.4. The molecular formula is C42H64O14. The van der Waals surface area contributed by atoms with Gasteiger partial charge in [0.25, 0.3) is 0 Å². The van der Waals surface area contributed by atoms with Crippen LogP contribution in [-0.4, -0.2) is 122 Å². The van der Waals surface area contributed by atoms with Crippen molar-refractivity contribution in [3.05, 3.63) is 34.9 Å². The third-order valence-corrected chi connectivity index (χ3v) is 15.0. The Morgan fingerprint density at radius 3 is 2.27 bits per heavy atom. The first-order chi connectivity index (χ1) is 26.3. The number of ether oxygens (including phenoxy) is 5. The summed E-state index contributed by atoms with van der Waals surface area (Å²) in [7, 11) is 0. The number of rotatable bonds is 10. The van der Waals surface area contributed by atoms with E-state index in [4.69, 9.17) is 23.7 Å². The highest BCUT2D eigenvalue weighted by Gasteiger charge is 2.71. The number of esters is 1. The quantitative estimate of drug-likeness (QED) is 0.0961. The number of carbonyl (C=O) groups excluding carboxylic acids is 1. The average Bonchev–Trinajstić information content (AvgIpc) is 3.39. The van der Waals surface area contributed by atoms with Gasteiger partial charge >= 0.3 is 11.9 Å². The lowest BCUT2D eigenvalue weighted by Gasteiger charge is -2.69. The molecule has 14 heteroatoms. The van der Waals surface area contributed by atoms with Crippen LogP contribution in [0.3, 0.4) is 0 Å². The van der Waals surface area contributed by atoms with E-state index in [1.54, 1.807) is 6.08 Å². The molecule has 0 aromatic rings. The van der Waals surface area contributed by atoms with E-state index in [1.807, 2.05) is 19.9 Å². The minimum absolute atomic E-state index is 0.0646. The molecule has 4 aliphatic carbocycles. The fourth-order valence-corrected chi connectivity index (χ4v) is 12.2. The molecular weight excluding hydrogens is 728 g/mol. The van der Waals surface area contributed by atoms with Crippen molar-refractivity contribution in [2.75, 3.05) is 6.61 Å². The van der Waals surface area contributed by atoms with Crippen LogP contribution in [0.5, 0.6) is 0 Å². The van der Waals surface area contributed by atoms with Gasteiger partial charge in [0, 0.05) is 12.5 Å². The number of allylic oxidation sites excluding steroid dienone is 2. The lowest BCUT2D eigenvalue weighted by molar-refractivity contribution is -0.336. The summed E-state index contributed by atoms with van der Waals surface area (Å²) in [6.07, 6.45) is -2.42. The largest absolute Gasteiger partial charge is 0.478 e. The van der Waals surface area contributed by atoms with Crippen molar-refractivity contribution < 1.29 is 69.0 Å². The molecule has 0 aromatic carbocycles. The van der Waals surface area contributed by atoms with Crippen LogP contribution < -0.4 is 0 Å². The standard InChI is InChI=1S/C42H64O14/c1-20(2)9-8-10-23(37(49)50)32-25-17-26(45)36-40(5)15-14-27(21(3)24(40)13-16-41(36,6)42(25,7)18-29(32)52-22(4)44)53-31-12-11-28(38(51)56-31)54-39-35(48)34(47)33(46)30(19-43)55-39/h9,11-12,21,24-31,33-36,38-39,43,45-48,51H,8,10,13-19H2,1-7H3,(H,49,50)/b32-23-/t21-,24?,25-,26+,27+,28-,29-,30+,31-,33+,34-,35+,36?,38-,39+,40-,41-,42-/m0/s1. The summed E-state index contributed by atoms with van der Waals surface area (Å²) < 4.78 is 29.3. The highest BCUT2D eigenvalue weighted by Crippen LogP contribution is 2.74. The predicted molar refractivity (Wildman–Crippen MR) is 200 cm³/mol. The molecule has 0 amide bonds. The van der Waals surface area contributed by atoms with Crippen LogP contribution in [0, 0.1) is 39.9 Å². The van der Waals surface area contributed by atoms with E-state index in [0.29, 0.717) is 43.3 Å². The summed E-state index contributed by atoms with van der Waals surface area (Å²) in [6, 6.07) is 0. The fourth-order valence-electron chi connectivity index (χ4n) is 12.2. The molecule has 56 heavy (non-hydrogen) atoms. The van der Waals surface area contributed by atoms with Crippen molar-refractivity contribution in [3.8, 4) is 0 Å². The first kappa shape index (κ1) is 43.3. The maximum Gasteiger partial charge on any atom is 0.331 e. The highest BCUT2D eigenvalue weighted by atomic mass is 16.8. The zero-order valence-electron chi connectivity index (χ0n) is 33.7. The van der Waals surface area contributed by atoms with Crippen LogP contribution in [0.4, 0.5) is 0 Å². The van der Waals surface area contributed by atoms with E-state index in [-0.39, 0.29) is 40.6 Å². The SMILES string of the molecule is CC(=O)O[C@H]1C[C@@]2(C)[C@@H](C[C@@H](O)C3[C@@]4(C)CC[C@@H](O[C@@H]5C=C[C@H](O[C@@H]6O[C@H](CO)[C@@H](O)[C@H](O)[C@H]6O)[C@@H](O)O5)[C@@H](C)C4CC[C@@]32C)/C1=C(\CCC=C(C)C)C(=O)O. The number of carboxylic acid groups (broad SMARTS) is 1. The van der Waals surface area contributed by atoms with Crippen molar-refractivity contribution in [2.24, 2.45) is 39.9 Å². The molecule has 2 unspecified atom stereocenters. The Morgan fingerprint density at radius 2 is 1.64 bits per heavy atom. The molecule has 0 spiro atoms. The Kier molecular flexibility index (Phi) is 12.7. The van der Waals surface area contributed by atoms with E-state index in [0.717, 1.165) is 24.8 Å². The first-order valence-corrected chi connectivity index (χ1v) is 20.4. The van der Waals surface area contributed by atoms with Gasteiger partial charge in [0.2, 0.25) is 0 Å². The van der Waals surface area contributed by atoms with Crippen LogP contribution in [-0.2, 0) is 33.3 Å². The van der Waals surface area contributed by atoms with Gasteiger partial charge in [-0.3, -0.25) is 4.79 Å². The van der Waals surface area contributed by atoms with Gasteiger partial charge in [-0.05, 0) is 123 Å². The number of hydrogen-bond donors (Lipinski definition) is 7. The van der Waals surface area contributed by atoms with Gasteiger partial charge in [-0.2, -0.15) is 0 Å². The van der Waals surface area contributed by atoms with E-state index in [2.05, 4.69) is 27.7 Å². The molecule has 1 saturated heterocycles. The lowest BCUT2D eigenvalue weighted by Crippen LogP contribution is -2.65. The van der Waals surface area contributed by atoms with E-state index >= 15 is 0 Å². The van der Waals surface area contributed by atoms with Gasteiger partial charge < -0.3 is 59.4 Å². The fraction of sp³-hybridized carbons (Fsp3) is 0.810. The van der Waals surface area contributed by atoms with Crippen LogP contribution in [0.15, 0.2) is 34.9 Å². The third kappa shape index (κ3) is 7.57. The van der Waals surface area contributed by atoms with E-state index < -0.39 is 85.6 Å². The summed E-state index contributed by atoms with van der Waals surface area (Å²) in [5.41, 5.74) is 0.974. The molecule has 0 aromatic heterocycles. The molecule has 6 rings (SSSR count). The van der Waals surface area contributed by atoms with Crippen LogP contribution >= 0.6 is 0 Å². The second-order valence-electron chi connectivity index (χ2n) is 18.3. The summed E-state index contributed by atoms with van der Waals surface area (Å²) in [5, 5.41) is 73.8. The number of carbonyl (C=O) groups is 2. The number of aliphatic hydroxyl groups is 6. The number of carboxylic acids is 1. The molecule has 14 nitrogen and oxygen atoms in total. The predicted octanol–water partition coefficient (Wildman–Crippen LogP) is 3.11. The molecule has 2 aliphatic heterocycles. The molecule has 2 heterocycles. The zero-order chi connectivity index (χ0) is 41.1. The molecule has 316 valence electrons. The molecule has 18 atom stereocenters. The maximum absolute atomic E-state index is 12.9. The minimum Gasteiger partial charge on any atom is -0.478 e. The zero-order valence-corrected chi connectivity index (χ0v) is 33.7. The number of hydrogen-bond acceptors (Lipinski definition) is 13. The van der Waals surface area contributed by atoms with Gasteiger partial charge in [-0.15, -0.1) is 0 Å². The normalized spacial score (nSPS) is 48.3. The van der Waals surface area contributed by atoms with Gasteiger partial charge in [0.05, 0.1) is 18.8 Å². The second-order valence-corrected chi connectivity index (χ2v) is 18.3. The molecule has 5 fully saturated rings. The number of aliphatic carboxylic acids is 1. The Morgan fingerprint density at radius 1 is 0.929 bits per heavy atom. The maximum atomic E-state index is 12.9. The van der Waals surface area contributed by atoms with Gasteiger partial charge in [-0.1, -0.05) is 39.3 Å². The van der Waals surface area contributed by atoms with Crippen molar-refractivity contribution in [1.29, 1.82) is 0 Å². The number of fused-ring (bicyclic) bond motifs is 5. The van der Waals surface area contributed by atoms with Gasteiger partial charge in [-0.25, -0.2) is 4.79 Å². The van der Waals surface area contributed by atoms with Crippen molar-refractivity contribution >= 4 is 11.9 Å². The van der Waals surface area contributed by atoms with Crippen molar-refractivity contribution in [1.82, 2.24) is 0 Å². The smallest absolute Gasteiger partial charge is 0.331 e. The first-order valence-electron chi connectivity index (χ1n) is 20.4. The molecule has 4 saturated carbocycles. The Bertz CT molecular complexity index is 1550. The third-order valence-electron chi connectivity index (χ3n) is 15.0. The van der Waals surface area contributed by atoms with Crippen molar-refractivity contribution in [2.45, 2.75) is 168 Å².